The molecule has 0 N–H and O–H groups in total. The summed E-state index contributed by atoms with van der Waals surface area (Å²) in [7, 11) is 0. The first-order chi connectivity index (χ1) is 12.4. The first-order valence-electron chi connectivity index (χ1n) is 10.1. The highest BCUT2D eigenvalue weighted by atomic mass is 16.5. The molecule has 0 spiro atoms. The molecule has 2 aliphatic carbocycles. The fourth-order valence-electron chi connectivity index (χ4n) is 4.62. The number of hydrogen-bond acceptors (Lipinski definition) is 4. The minimum atomic E-state index is 0.398. The van der Waals surface area contributed by atoms with Crippen LogP contribution in [0.25, 0.3) is 0 Å². The fourth-order valence-corrected chi connectivity index (χ4v) is 4.62. The van der Waals surface area contributed by atoms with E-state index in [1.807, 2.05) is 0 Å². The van der Waals surface area contributed by atoms with E-state index in [2.05, 4.69) is 34.1 Å². The Morgan fingerprint density at radius 1 is 1.08 bits per heavy atom. The predicted octanol–water partition coefficient (Wildman–Crippen LogP) is 2.77. The van der Waals surface area contributed by atoms with Crippen LogP contribution in [0.1, 0.15) is 32.1 Å². The van der Waals surface area contributed by atoms with Crippen LogP contribution in [0, 0.1) is 0 Å². The van der Waals surface area contributed by atoms with Crippen molar-refractivity contribution in [2.75, 3.05) is 52.5 Å². The average Bonchev–Trinajstić information content (AvgIpc) is 3.08. The first-order valence-corrected chi connectivity index (χ1v) is 10.1. The van der Waals surface area contributed by atoms with E-state index in [0.29, 0.717) is 12.1 Å². The standard InChI is InChI=1S/C21H32N2O2/c1-2-6-21(23-12-14-24-15-13-23)20-8-7-19(17-18(20)5-1)25-16-11-22-9-3-4-10-22/h1-2,5-6,19,21H,3-4,7-17H2. The maximum absolute atomic E-state index is 6.25. The van der Waals surface area contributed by atoms with Crippen LogP contribution >= 0.6 is 0 Å². The first kappa shape index (κ1) is 17.5. The molecule has 0 aromatic carbocycles. The Kier molecular flexibility index (Phi) is 6.03. The highest BCUT2D eigenvalue weighted by molar-refractivity contribution is 5.39. The van der Waals surface area contributed by atoms with Gasteiger partial charge in [-0.2, -0.15) is 0 Å². The van der Waals surface area contributed by atoms with E-state index in [0.717, 1.165) is 45.9 Å². The van der Waals surface area contributed by atoms with Gasteiger partial charge in [-0.25, -0.2) is 0 Å². The lowest BCUT2D eigenvalue weighted by Gasteiger charge is -2.37. The topological polar surface area (TPSA) is 24.9 Å². The lowest BCUT2D eigenvalue weighted by Crippen LogP contribution is -2.44. The number of hydrogen-bond donors (Lipinski definition) is 0. The predicted molar refractivity (Wildman–Crippen MR) is 101 cm³/mol. The van der Waals surface area contributed by atoms with Crippen molar-refractivity contribution < 1.29 is 9.47 Å². The Bertz CT molecular complexity index is 528. The molecule has 4 aliphatic rings. The van der Waals surface area contributed by atoms with Gasteiger partial charge in [0, 0.05) is 19.6 Å². The van der Waals surface area contributed by atoms with Crippen LogP contribution < -0.4 is 0 Å². The van der Waals surface area contributed by atoms with E-state index in [-0.39, 0.29) is 0 Å². The van der Waals surface area contributed by atoms with Crippen molar-refractivity contribution in [3.05, 3.63) is 35.5 Å². The SMILES string of the molecule is C1=CC2=C(CCC(OCCN3CCCC3)C2)C(N2CCOCC2)C=C1. The Balaban J connectivity index is 1.34. The van der Waals surface area contributed by atoms with Crippen LogP contribution in [-0.2, 0) is 9.47 Å². The van der Waals surface area contributed by atoms with Gasteiger partial charge in [0.25, 0.3) is 0 Å². The van der Waals surface area contributed by atoms with E-state index in [4.69, 9.17) is 9.47 Å². The molecule has 2 atom stereocenters. The average molecular weight is 344 g/mol. The van der Waals surface area contributed by atoms with Gasteiger partial charge in [0.2, 0.25) is 0 Å². The molecule has 0 bridgehead atoms. The molecule has 4 heteroatoms. The van der Waals surface area contributed by atoms with Crippen LogP contribution in [0.3, 0.4) is 0 Å². The molecule has 0 amide bonds. The molecule has 0 aromatic rings. The van der Waals surface area contributed by atoms with Crippen molar-refractivity contribution in [2.45, 2.75) is 44.2 Å². The summed E-state index contributed by atoms with van der Waals surface area (Å²) in [4.78, 5) is 5.12. The molecule has 0 saturated carbocycles. The second-order valence-electron chi connectivity index (χ2n) is 7.67. The molecule has 2 fully saturated rings. The summed E-state index contributed by atoms with van der Waals surface area (Å²) in [6.07, 6.45) is 15.7. The molecule has 4 nitrogen and oxygen atoms in total. The van der Waals surface area contributed by atoms with Crippen molar-refractivity contribution >= 4 is 0 Å². The minimum absolute atomic E-state index is 0.398. The normalized spacial score (nSPS) is 31.4. The zero-order valence-electron chi connectivity index (χ0n) is 15.4. The summed E-state index contributed by atoms with van der Waals surface area (Å²) < 4.78 is 11.8. The Labute approximate surface area is 152 Å². The van der Waals surface area contributed by atoms with Gasteiger partial charge in [-0.15, -0.1) is 0 Å². The second kappa shape index (κ2) is 8.63. The van der Waals surface area contributed by atoms with Gasteiger partial charge in [-0.3, -0.25) is 4.90 Å². The van der Waals surface area contributed by atoms with E-state index in [1.54, 1.807) is 5.57 Å². The highest BCUT2D eigenvalue weighted by Crippen LogP contribution is 2.34. The zero-order chi connectivity index (χ0) is 16.9. The Morgan fingerprint density at radius 2 is 1.92 bits per heavy atom. The second-order valence-corrected chi connectivity index (χ2v) is 7.67. The van der Waals surface area contributed by atoms with Crippen molar-refractivity contribution in [3.63, 3.8) is 0 Å². The van der Waals surface area contributed by atoms with Gasteiger partial charge in [0.15, 0.2) is 0 Å². The molecule has 4 rings (SSSR count). The maximum Gasteiger partial charge on any atom is 0.0619 e. The molecular formula is C21H32N2O2. The number of rotatable bonds is 5. The van der Waals surface area contributed by atoms with Crippen LogP contribution in [0.5, 0.6) is 0 Å². The third-order valence-electron chi connectivity index (χ3n) is 6.05. The number of likely N-dealkylation sites (tertiary alicyclic amines) is 1. The van der Waals surface area contributed by atoms with E-state index in [1.165, 1.54) is 44.3 Å². The third-order valence-corrected chi connectivity index (χ3v) is 6.05. The van der Waals surface area contributed by atoms with Gasteiger partial charge >= 0.3 is 0 Å². The highest BCUT2D eigenvalue weighted by Gasteiger charge is 2.29. The molecule has 2 saturated heterocycles. The maximum atomic E-state index is 6.25. The van der Waals surface area contributed by atoms with Crippen molar-refractivity contribution in [3.8, 4) is 0 Å². The van der Waals surface area contributed by atoms with Crippen LogP contribution in [0.2, 0.25) is 0 Å². The molecule has 2 unspecified atom stereocenters. The monoisotopic (exact) mass is 344 g/mol. The number of morpholine rings is 1. The van der Waals surface area contributed by atoms with Crippen molar-refractivity contribution in [1.82, 2.24) is 9.80 Å². The molecule has 138 valence electrons. The van der Waals surface area contributed by atoms with Crippen molar-refractivity contribution in [1.29, 1.82) is 0 Å². The number of ether oxygens (including phenoxy) is 2. The van der Waals surface area contributed by atoms with Gasteiger partial charge in [-0.05, 0) is 56.3 Å². The minimum Gasteiger partial charge on any atom is -0.379 e. The summed E-state index contributed by atoms with van der Waals surface area (Å²) in [6, 6.07) is 0.458. The van der Waals surface area contributed by atoms with Gasteiger partial charge in [-0.1, -0.05) is 24.3 Å². The molecule has 2 aliphatic heterocycles. The molecule has 0 aromatic heterocycles. The van der Waals surface area contributed by atoms with E-state index < -0.39 is 0 Å². The smallest absolute Gasteiger partial charge is 0.0619 e. The lowest BCUT2D eigenvalue weighted by atomic mass is 9.85. The summed E-state index contributed by atoms with van der Waals surface area (Å²) in [5.74, 6) is 0. The van der Waals surface area contributed by atoms with E-state index in [9.17, 15) is 0 Å². The molecular weight excluding hydrogens is 312 g/mol. The Hall–Kier alpha value is -0.940. The quantitative estimate of drug-likeness (QED) is 0.766. The van der Waals surface area contributed by atoms with Crippen LogP contribution in [0.15, 0.2) is 35.5 Å². The Morgan fingerprint density at radius 3 is 2.76 bits per heavy atom. The third kappa shape index (κ3) is 4.43. The zero-order valence-corrected chi connectivity index (χ0v) is 15.4. The van der Waals surface area contributed by atoms with Gasteiger partial charge < -0.3 is 14.4 Å². The molecule has 2 heterocycles. The van der Waals surface area contributed by atoms with E-state index >= 15 is 0 Å². The number of nitrogens with zero attached hydrogens (tertiary/aromatic N) is 2. The van der Waals surface area contributed by atoms with Gasteiger partial charge in [0.1, 0.15) is 0 Å². The lowest BCUT2D eigenvalue weighted by molar-refractivity contribution is 0.0230. The molecule has 25 heavy (non-hydrogen) atoms. The number of allylic oxidation sites excluding steroid dienone is 3. The van der Waals surface area contributed by atoms with Crippen molar-refractivity contribution in [2.24, 2.45) is 0 Å². The molecule has 0 radical (unpaired) electrons. The summed E-state index contributed by atoms with van der Waals surface area (Å²) in [5, 5.41) is 0. The van der Waals surface area contributed by atoms with Crippen LogP contribution in [0.4, 0.5) is 0 Å². The summed E-state index contributed by atoms with van der Waals surface area (Å²) in [5.41, 5.74) is 3.13. The summed E-state index contributed by atoms with van der Waals surface area (Å²) in [6.45, 7) is 8.34. The largest absolute Gasteiger partial charge is 0.379 e. The van der Waals surface area contributed by atoms with Gasteiger partial charge in [0.05, 0.1) is 32.0 Å². The fraction of sp³-hybridized carbons (Fsp3) is 0.714. The van der Waals surface area contributed by atoms with Crippen LogP contribution in [-0.4, -0.2) is 74.5 Å². The summed E-state index contributed by atoms with van der Waals surface area (Å²) >= 11 is 0.